The van der Waals surface area contributed by atoms with E-state index in [0.717, 1.165) is 6.08 Å². The van der Waals surface area contributed by atoms with Crippen LogP contribution < -0.4 is 5.32 Å². The van der Waals surface area contributed by atoms with Crippen LogP contribution in [0.4, 0.5) is 0 Å². The van der Waals surface area contributed by atoms with E-state index in [4.69, 9.17) is 4.74 Å². The molecule has 0 unspecified atom stereocenters. The van der Waals surface area contributed by atoms with Gasteiger partial charge in [-0.2, -0.15) is 0 Å². The molecule has 0 aliphatic carbocycles. The van der Waals surface area contributed by atoms with Crippen molar-refractivity contribution in [3.63, 3.8) is 0 Å². The van der Waals surface area contributed by atoms with E-state index >= 15 is 0 Å². The summed E-state index contributed by atoms with van der Waals surface area (Å²) in [5.74, 6) is -2.01. The van der Waals surface area contributed by atoms with Crippen LogP contribution in [0.3, 0.4) is 0 Å². The van der Waals surface area contributed by atoms with Gasteiger partial charge in [-0.1, -0.05) is 13.8 Å². The van der Waals surface area contributed by atoms with Crippen LogP contribution in [0, 0.1) is 5.41 Å². The first-order chi connectivity index (χ1) is 8.56. The van der Waals surface area contributed by atoms with Gasteiger partial charge in [-0.3, -0.25) is 4.79 Å². The Morgan fingerprint density at radius 2 is 1.84 bits per heavy atom. The van der Waals surface area contributed by atoms with Gasteiger partial charge in [0.15, 0.2) is 5.79 Å². The van der Waals surface area contributed by atoms with E-state index in [-0.39, 0.29) is 18.9 Å². The number of hydrogen-bond donors (Lipinski definition) is 2. The molecule has 0 saturated heterocycles. The normalized spacial score (nSPS) is 12.5. The lowest BCUT2D eigenvalue weighted by molar-refractivity contribution is -0.192. The highest BCUT2D eigenvalue weighted by molar-refractivity contribution is 5.83. The summed E-state index contributed by atoms with van der Waals surface area (Å²) in [7, 11) is 1.26. The Morgan fingerprint density at radius 3 is 2.32 bits per heavy atom. The van der Waals surface area contributed by atoms with Crippen LogP contribution >= 0.6 is 0 Å². The Balaban J connectivity index is 4.16. The third-order valence-corrected chi connectivity index (χ3v) is 2.12. The van der Waals surface area contributed by atoms with Crippen LogP contribution in [0.1, 0.15) is 34.1 Å². The van der Waals surface area contributed by atoms with Crippen molar-refractivity contribution in [1.29, 1.82) is 0 Å². The van der Waals surface area contributed by atoms with Gasteiger partial charge in [-0.05, 0) is 19.3 Å². The van der Waals surface area contributed by atoms with Crippen LogP contribution in [0.25, 0.3) is 0 Å². The van der Waals surface area contributed by atoms with Crippen molar-refractivity contribution < 1.29 is 24.2 Å². The SMILES string of the molecule is COC(=O)/C=C/NC(=O)CC(C)(C)COC(C)(C)O. The van der Waals surface area contributed by atoms with E-state index in [9.17, 15) is 14.7 Å². The zero-order chi connectivity index (χ0) is 15.1. The number of amides is 1. The summed E-state index contributed by atoms with van der Waals surface area (Å²) in [6, 6.07) is 0. The summed E-state index contributed by atoms with van der Waals surface area (Å²) in [5, 5.41) is 11.9. The van der Waals surface area contributed by atoms with E-state index in [2.05, 4.69) is 10.1 Å². The van der Waals surface area contributed by atoms with Crippen LogP contribution in [-0.2, 0) is 19.1 Å². The smallest absolute Gasteiger partial charge is 0.331 e. The van der Waals surface area contributed by atoms with Gasteiger partial charge in [0.25, 0.3) is 0 Å². The highest BCUT2D eigenvalue weighted by Crippen LogP contribution is 2.22. The molecule has 1 amide bonds. The zero-order valence-corrected chi connectivity index (χ0v) is 12.1. The maximum absolute atomic E-state index is 11.6. The van der Waals surface area contributed by atoms with Gasteiger partial charge in [0, 0.05) is 18.7 Å². The summed E-state index contributed by atoms with van der Waals surface area (Å²) in [4.78, 5) is 22.4. The maximum atomic E-state index is 11.6. The third kappa shape index (κ3) is 10.2. The standard InChI is InChI=1S/C13H23NO5/c1-12(2,9-19-13(3,4)17)8-10(15)14-7-6-11(16)18-5/h6-7,17H,8-9H2,1-5H3,(H,14,15)/b7-6+. The summed E-state index contributed by atoms with van der Waals surface area (Å²) in [6.07, 6.45) is 2.56. The van der Waals surface area contributed by atoms with Crippen molar-refractivity contribution in [3.05, 3.63) is 12.3 Å². The molecule has 0 aliphatic rings. The highest BCUT2D eigenvalue weighted by atomic mass is 16.6. The van der Waals surface area contributed by atoms with Gasteiger partial charge in [0.2, 0.25) is 5.91 Å². The molecule has 0 spiro atoms. The number of nitrogens with one attached hydrogen (secondary N) is 1. The second-order valence-electron chi connectivity index (χ2n) is 5.50. The monoisotopic (exact) mass is 273 g/mol. The Kier molecular flexibility index (Phi) is 6.72. The van der Waals surface area contributed by atoms with E-state index in [1.54, 1.807) is 0 Å². The van der Waals surface area contributed by atoms with Gasteiger partial charge < -0.3 is 19.9 Å². The first-order valence-electron chi connectivity index (χ1n) is 5.96. The predicted octanol–water partition coefficient (Wildman–Crippen LogP) is 0.951. The Labute approximate surface area is 113 Å². The van der Waals surface area contributed by atoms with Crippen molar-refractivity contribution in [2.45, 2.75) is 39.9 Å². The Morgan fingerprint density at radius 1 is 1.26 bits per heavy atom. The number of carbonyl (C=O) groups is 2. The molecule has 0 radical (unpaired) electrons. The van der Waals surface area contributed by atoms with E-state index in [1.165, 1.54) is 27.2 Å². The second kappa shape index (κ2) is 7.25. The molecule has 0 atom stereocenters. The number of rotatable bonds is 7. The average Bonchev–Trinajstić information content (AvgIpc) is 2.25. The lowest BCUT2D eigenvalue weighted by Crippen LogP contribution is -2.33. The first kappa shape index (κ1) is 17.6. The Bertz CT molecular complexity index is 341. The summed E-state index contributed by atoms with van der Waals surface area (Å²) in [5.41, 5.74) is -0.427. The van der Waals surface area contributed by atoms with E-state index in [1.807, 2.05) is 13.8 Å². The minimum Gasteiger partial charge on any atom is -0.466 e. The molecule has 0 rings (SSSR count). The molecule has 0 heterocycles. The Hall–Kier alpha value is -1.40. The van der Waals surface area contributed by atoms with Crippen molar-refractivity contribution in [2.24, 2.45) is 5.41 Å². The lowest BCUT2D eigenvalue weighted by Gasteiger charge is -2.28. The van der Waals surface area contributed by atoms with E-state index in [0.29, 0.717) is 0 Å². The van der Waals surface area contributed by atoms with Gasteiger partial charge in [-0.15, -0.1) is 0 Å². The van der Waals surface area contributed by atoms with Crippen LogP contribution in [0.2, 0.25) is 0 Å². The summed E-state index contributed by atoms with van der Waals surface area (Å²) in [6.45, 7) is 7.00. The molecular weight excluding hydrogens is 250 g/mol. The molecule has 0 bridgehead atoms. The predicted molar refractivity (Wildman–Crippen MR) is 69.9 cm³/mol. The van der Waals surface area contributed by atoms with Gasteiger partial charge in [-0.25, -0.2) is 4.79 Å². The number of esters is 1. The van der Waals surface area contributed by atoms with Crippen molar-refractivity contribution in [3.8, 4) is 0 Å². The molecule has 6 heteroatoms. The molecule has 6 nitrogen and oxygen atoms in total. The zero-order valence-electron chi connectivity index (χ0n) is 12.1. The lowest BCUT2D eigenvalue weighted by atomic mass is 9.90. The number of aliphatic hydroxyl groups is 1. The molecule has 0 fully saturated rings. The molecule has 0 aliphatic heterocycles. The molecule has 0 aromatic heterocycles. The topological polar surface area (TPSA) is 84.9 Å². The van der Waals surface area contributed by atoms with Crippen LogP contribution in [-0.4, -0.2) is 36.5 Å². The quantitative estimate of drug-likeness (QED) is 0.410. The summed E-state index contributed by atoms with van der Waals surface area (Å²) >= 11 is 0. The fourth-order valence-electron chi connectivity index (χ4n) is 1.18. The average molecular weight is 273 g/mol. The van der Waals surface area contributed by atoms with Crippen molar-refractivity contribution >= 4 is 11.9 Å². The molecule has 0 aromatic rings. The van der Waals surface area contributed by atoms with Gasteiger partial charge >= 0.3 is 5.97 Å². The fraction of sp³-hybridized carbons (Fsp3) is 0.692. The summed E-state index contributed by atoms with van der Waals surface area (Å²) < 4.78 is 9.62. The largest absolute Gasteiger partial charge is 0.466 e. The second-order valence-corrected chi connectivity index (χ2v) is 5.50. The molecule has 110 valence electrons. The van der Waals surface area contributed by atoms with Crippen molar-refractivity contribution in [1.82, 2.24) is 5.32 Å². The minimum absolute atomic E-state index is 0.203. The number of methoxy groups -OCH3 is 1. The molecule has 0 saturated carbocycles. The van der Waals surface area contributed by atoms with E-state index < -0.39 is 17.2 Å². The molecular formula is C13H23NO5. The maximum Gasteiger partial charge on any atom is 0.331 e. The number of ether oxygens (including phenoxy) is 2. The molecule has 19 heavy (non-hydrogen) atoms. The third-order valence-electron chi connectivity index (χ3n) is 2.12. The number of hydrogen-bond acceptors (Lipinski definition) is 5. The first-order valence-corrected chi connectivity index (χ1v) is 5.96. The van der Waals surface area contributed by atoms with Crippen molar-refractivity contribution in [2.75, 3.05) is 13.7 Å². The fourth-order valence-corrected chi connectivity index (χ4v) is 1.18. The van der Waals surface area contributed by atoms with Crippen LogP contribution in [0.15, 0.2) is 12.3 Å². The minimum atomic E-state index is -1.22. The van der Waals surface area contributed by atoms with Crippen LogP contribution in [0.5, 0.6) is 0 Å². The molecule has 2 N–H and O–H groups in total. The highest BCUT2D eigenvalue weighted by Gasteiger charge is 2.25. The molecule has 0 aromatic carbocycles. The van der Waals surface area contributed by atoms with Gasteiger partial charge in [0.1, 0.15) is 0 Å². The number of carbonyl (C=O) groups excluding carboxylic acids is 2. The van der Waals surface area contributed by atoms with Gasteiger partial charge in [0.05, 0.1) is 13.7 Å².